The van der Waals surface area contributed by atoms with Gasteiger partial charge in [0.25, 0.3) is 6.43 Å². The molecule has 0 bridgehead atoms. The molecule has 1 heterocycles. The first-order valence-corrected chi connectivity index (χ1v) is 3.68. The molecule has 0 spiro atoms. The molecular formula is C8H7F2N3O. The number of alkyl halides is 2. The van der Waals surface area contributed by atoms with Gasteiger partial charge in [0.2, 0.25) is 0 Å². The monoisotopic (exact) mass is 199 g/mol. The third kappa shape index (κ3) is 1.63. The molecule has 0 aliphatic rings. The molecule has 1 rings (SSSR count). The molecule has 0 amide bonds. The van der Waals surface area contributed by atoms with Crippen LogP contribution in [-0.2, 0) is 6.61 Å². The van der Waals surface area contributed by atoms with E-state index in [9.17, 15) is 8.78 Å². The van der Waals surface area contributed by atoms with Crippen molar-refractivity contribution in [3.05, 3.63) is 23.0 Å². The van der Waals surface area contributed by atoms with Gasteiger partial charge in [-0.25, -0.2) is 8.78 Å². The van der Waals surface area contributed by atoms with Gasteiger partial charge in [-0.05, 0) is 0 Å². The number of halogens is 2. The smallest absolute Gasteiger partial charge is 0.282 e. The first-order chi connectivity index (χ1) is 6.61. The van der Waals surface area contributed by atoms with Gasteiger partial charge >= 0.3 is 0 Å². The first-order valence-electron chi connectivity index (χ1n) is 3.68. The van der Waals surface area contributed by atoms with Crippen molar-refractivity contribution in [3.8, 4) is 6.07 Å². The molecule has 14 heavy (non-hydrogen) atoms. The average molecular weight is 199 g/mol. The Balaban J connectivity index is 3.37. The molecule has 4 nitrogen and oxygen atoms in total. The van der Waals surface area contributed by atoms with Gasteiger partial charge in [-0.3, -0.25) is 4.98 Å². The van der Waals surface area contributed by atoms with Gasteiger partial charge < -0.3 is 10.8 Å². The van der Waals surface area contributed by atoms with Crippen LogP contribution in [-0.4, -0.2) is 10.1 Å². The summed E-state index contributed by atoms with van der Waals surface area (Å²) in [6.07, 6.45) is -1.84. The number of hydrogen-bond acceptors (Lipinski definition) is 4. The summed E-state index contributed by atoms with van der Waals surface area (Å²) in [7, 11) is 0. The van der Waals surface area contributed by atoms with Crippen molar-refractivity contribution in [3.63, 3.8) is 0 Å². The molecule has 0 saturated carbocycles. The van der Waals surface area contributed by atoms with Crippen LogP contribution in [0.5, 0.6) is 0 Å². The minimum Gasteiger partial charge on any atom is -0.397 e. The fraction of sp³-hybridized carbons (Fsp3) is 0.250. The summed E-state index contributed by atoms with van der Waals surface area (Å²) in [5.41, 5.74) is 4.40. The molecule has 0 fully saturated rings. The van der Waals surface area contributed by atoms with Crippen molar-refractivity contribution in [1.82, 2.24) is 4.98 Å². The number of anilines is 1. The predicted octanol–water partition coefficient (Wildman–Crippen LogP) is 0.965. The lowest BCUT2D eigenvalue weighted by Gasteiger charge is -2.08. The second-order valence-electron chi connectivity index (χ2n) is 2.52. The highest BCUT2D eigenvalue weighted by Crippen LogP contribution is 2.27. The maximum Gasteiger partial charge on any atom is 0.282 e. The molecule has 74 valence electrons. The summed E-state index contributed by atoms with van der Waals surface area (Å²) >= 11 is 0. The van der Waals surface area contributed by atoms with E-state index in [-0.39, 0.29) is 16.8 Å². The second-order valence-corrected chi connectivity index (χ2v) is 2.52. The van der Waals surface area contributed by atoms with E-state index in [1.54, 1.807) is 6.07 Å². The van der Waals surface area contributed by atoms with E-state index < -0.39 is 18.7 Å². The zero-order chi connectivity index (χ0) is 10.7. The lowest BCUT2D eigenvalue weighted by Crippen LogP contribution is -2.05. The van der Waals surface area contributed by atoms with Crippen LogP contribution in [0.4, 0.5) is 14.5 Å². The molecule has 0 aliphatic carbocycles. The average Bonchev–Trinajstić information content (AvgIpc) is 2.16. The highest BCUT2D eigenvalue weighted by Gasteiger charge is 2.18. The maximum atomic E-state index is 12.3. The van der Waals surface area contributed by atoms with Crippen LogP contribution in [0, 0.1) is 11.3 Å². The number of nitrogens with two attached hydrogens (primary N) is 1. The van der Waals surface area contributed by atoms with Crippen molar-refractivity contribution in [1.29, 1.82) is 5.26 Å². The summed E-state index contributed by atoms with van der Waals surface area (Å²) in [5.74, 6) is 0. The first kappa shape index (κ1) is 10.3. The van der Waals surface area contributed by atoms with Crippen LogP contribution in [0.15, 0.2) is 6.20 Å². The Labute approximate surface area is 78.6 Å². The van der Waals surface area contributed by atoms with E-state index in [2.05, 4.69) is 4.98 Å². The zero-order valence-electron chi connectivity index (χ0n) is 7.04. The number of nitriles is 1. The minimum absolute atomic E-state index is 0.00204. The van der Waals surface area contributed by atoms with E-state index >= 15 is 0 Å². The molecule has 1 aromatic heterocycles. The van der Waals surface area contributed by atoms with Crippen LogP contribution >= 0.6 is 0 Å². The van der Waals surface area contributed by atoms with Gasteiger partial charge in [0, 0.05) is 11.8 Å². The van der Waals surface area contributed by atoms with Crippen molar-refractivity contribution >= 4 is 5.69 Å². The summed E-state index contributed by atoms with van der Waals surface area (Å²) < 4.78 is 24.5. The van der Waals surface area contributed by atoms with Crippen LogP contribution in [0.25, 0.3) is 0 Å². The largest absolute Gasteiger partial charge is 0.397 e. The molecule has 6 heteroatoms. The third-order valence-corrected chi connectivity index (χ3v) is 1.74. The summed E-state index contributed by atoms with van der Waals surface area (Å²) in [6, 6.07) is 1.71. The number of pyridine rings is 1. The maximum absolute atomic E-state index is 12.3. The lowest BCUT2D eigenvalue weighted by atomic mass is 10.1. The second kappa shape index (κ2) is 3.98. The van der Waals surface area contributed by atoms with Crippen LogP contribution in [0.3, 0.4) is 0 Å². The van der Waals surface area contributed by atoms with Crippen molar-refractivity contribution in [2.75, 3.05) is 5.73 Å². The number of nitrogen functional groups attached to an aromatic ring is 1. The highest BCUT2D eigenvalue weighted by atomic mass is 19.3. The van der Waals surface area contributed by atoms with Crippen molar-refractivity contribution < 1.29 is 13.9 Å². The number of hydrogen-bond donors (Lipinski definition) is 2. The van der Waals surface area contributed by atoms with Crippen molar-refractivity contribution in [2.24, 2.45) is 0 Å². The van der Waals surface area contributed by atoms with Crippen molar-refractivity contribution in [2.45, 2.75) is 13.0 Å². The number of aromatic nitrogens is 1. The summed E-state index contributed by atoms with van der Waals surface area (Å²) in [4.78, 5) is 3.35. The third-order valence-electron chi connectivity index (χ3n) is 1.74. The Morgan fingerprint density at radius 3 is 2.71 bits per heavy atom. The Kier molecular flexibility index (Phi) is 2.94. The van der Waals surface area contributed by atoms with Crippen LogP contribution in [0.1, 0.15) is 23.2 Å². The molecule has 0 saturated heterocycles. The van der Waals surface area contributed by atoms with E-state index in [1.165, 1.54) is 0 Å². The van der Waals surface area contributed by atoms with Gasteiger partial charge in [-0.2, -0.15) is 5.26 Å². The van der Waals surface area contributed by atoms with Crippen LogP contribution < -0.4 is 5.73 Å². The van der Waals surface area contributed by atoms with Crippen LogP contribution in [0.2, 0.25) is 0 Å². The minimum atomic E-state index is -2.81. The van der Waals surface area contributed by atoms with Gasteiger partial charge in [0.15, 0.2) is 0 Å². The SMILES string of the molecule is N#Cc1cnc(C(F)F)c(N)c1CO. The van der Waals surface area contributed by atoms with Gasteiger partial charge in [0.1, 0.15) is 11.8 Å². The zero-order valence-corrected chi connectivity index (χ0v) is 7.04. The lowest BCUT2D eigenvalue weighted by molar-refractivity contribution is 0.146. The predicted molar refractivity (Wildman–Crippen MR) is 44.2 cm³/mol. The Hall–Kier alpha value is -1.74. The van der Waals surface area contributed by atoms with Gasteiger partial charge in [0.05, 0.1) is 17.9 Å². The number of rotatable bonds is 2. The molecule has 0 atom stereocenters. The highest BCUT2D eigenvalue weighted by molar-refractivity contribution is 5.57. The fourth-order valence-corrected chi connectivity index (χ4v) is 1.02. The Bertz CT molecular complexity index is 387. The number of aliphatic hydroxyl groups is 1. The van der Waals surface area contributed by atoms with Gasteiger partial charge in [-0.1, -0.05) is 0 Å². The number of nitrogens with zero attached hydrogens (tertiary/aromatic N) is 2. The molecular weight excluding hydrogens is 192 g/mol. The topological polar surface area (TPSA) is 82.9 Å². The Morgan fingerprint density at radius 2 is 2.29 bits per heavy atom. The molecule has 0 radical (unpaired) electrons. The Morgan fingerprint density at radius 1 is 1.64 bits per heavy atom. The van der Waals surface area contributed by atoms with E-state index in [4.69, 9.17) is 16.1 Å². The molecule has 3 N–H and O–H groups in total. The molecule has 0 unspecified atom stereocenters. The number of aliphatic hydroxyl groups excluding tert-OH is 1. The molecule has 0 aliphatic heterocycles. The summed E-state index contributed by atoms with van der Waals surface area (Å²) in [5, 5.41) is 17.4. The quantitative estimate of drug-likeness (QED) is 0.743. The fourth-order valence-electron chi connectivity index (χ4n) is 1.02. The van der Waals surface area contributed by atoms with E-state index in [0.29, 0.717) is 0 Å². The van der Waals surface area contributed by atoms with E-state index in [0.717, 1.165) is 6.20 Å². The normalized spacial score (nSPS) is 10.2. The summed E-state index contributed by atoms with van der Waals surface area (Å²) in [6.45, 7) is -0.559. The molecule has 1 aromatic rings. The molecule has 0 aromatic carbocycles. The van der Waals surface area contributed by atoms with E-state index in [1.807, 2.05) is 0 Å². The van der Waals surface area contributed by atoms with Gasteiger partial charge in [-0.15, -0.1) is 0 Å². The standard InChI is InChI=1S/C8H7F2N3O/c9-8(10)7-6(12)5(3-14)4(1-11)2-13-7/h2,8,14H,3,12H2.